The van der Waals surface area contributed by atoms with Gasteiger partial charge in [0.05, 0.1) is 11.4 Å². The zero-order chi connectivity index (χ0) is 13.3. The molecule has 1 fully saturated rings. The van der Waals surface area contributed by atoms with Crippen LogP contribution in [0.4, 0.5) is 0 Å². The number of aromatic amines is 1. The Balaban J connectivity index is 2.23. The van der Waals surface area contributed by atoms with Gasteiger partial charge in [0.25, 0.3) is 0 Å². The number of aryl methyl sites for hydroxylation is 2. The topological polar surface area (TPSA) is 101 Å². The monoisotopic (exact) mass is 272 g/mol. The highest BCUT2D eigenvalue weighted by molar-refractivity contribution is 7.89. The summed E-state index contributed by atoms with van der Waals surface area (Å²) in [6, 6.07) is -0.0475. The van der Waals surface area contributed by atoms with Gasteiger partial charge in [0.15, 0.2) is 0 Å². The highest BCUT2D eigenvalue weighted by Gasteiger charge is 2.32. The lowest BCUT2D eigenvalue weighted by Gasteiger charge is -2.19. The molecule has 18 heavy (non-hydrogen) atoms. The molecule has 1 heterocycles. The van der Waals surface area contributed by atoms with Gasteiger partial charge in [-0.25, -0.2) is 13.1 Å². The fourth-order valence-corrected chi connectivity index (χ4v) is 4.38. The molecule has 7 heteroatoms. The third kappa shape index (κ3) is 2.43. The van der Waals surface area contributed by atoms with Crippen LogP contribution in [0.15, 0.2) is 4.90 Å². The molecule has 2 atom stereocenters. The third-order valence-corrected chi connectivity index (χ3v) is 5.35. The SMILES string of the molecule is Cc1n[nH]c(C)c1S(=O)(=O)NC1CCCC1CN. The zero-order valence-electron chi connectivity index (χ0n) is 10.7. The fourth-order valence-electron chi connectivity index (χ4n) is 2.67. The third-order valence-electron chi connectivity index (χ3n) is 3.60. The minimum absolute atomic E-state index is 0.0475. The van der Waals surface area contributed by atoms with E-state index >= 15 is 0 Å². The maximum atomic E-state index is 12.3. The average molecular weight is 272 g/mol. The largest absolute Gasteiger partial charge is 0.330 e. The van der Waals surface area contributed by atoms with Crippen LogP contribution in [-0.4, -0.2) is 31.2 Å². The van der Waals surface area contributed by atoms with Gasteiger partial charge in [-0.1, -0.05) is 6.42 Å². The molecule has 0 aromatic carbocycles. The quantitative estimate of drug-likeness (QED) is 0.740. The number of nitrogens with one attached hydrogen (secondary N) is 2. The van der Waals surface area contributed by atoms with Crippen LogP contribution in [0.25, 0.3) is 0 Å². The van der Waals surface area contributed by atoms with E-state index in [0.717, 1.165) is 19.3 Å². The number of hydrogen-bond donors (Lipinski definition) is 3. The van der Waals surface area contributed by atoms with Crippen molar-refractivity contribution in [2.24, 2.45) is 11.7 Å². The predicted octanol–water partition coefficient (Wildman–Crippen LogP) is 0.432. The Hall–Kier alpha value is -0.920. The molecule has 0 amide bonds. The molecule has 0 radical (unpaired) electrons. The van der Waals surface area contributed by atoms with Gasteiger partial charge in [0.1, 0.15) is 4.90 Å². The van der Waals surface area contributed by atoms with Gasteiger partial charge in [0.2, 0.25) is 10.0 Å². The molecule has 0 saturated heterocycles. The summed E-state index contributed by atoms with van der Waals surface area (Å²) in [6.45, 7) is 3.92. The van der Waals surface area contributed by atoms with Crippen LogP contribution in [0.5, 0.6) is 0 Å². The van der Waals surface area contributed by atoms with Gasteiger partial charge < -0.3 is 5.73 Å². The van der Waals surface area contributed by atoms with Crippen LogP contribution < -0.4 is 10.5 Å². The van der Waals surface area contributed by atoms with Crippen molar-refractivity contribution in [1.29, 1.82) is 0 Å². The van der Waals surface area contributed by atoms with Crippen LogP contribution in [-0.2, 0) is 10.0 Å². The smallest absolute Gasteiger partial charge is 0.244 e. The molecule has 2 unspecified atom stereocenters. The molecular weight excluding hydrogens is 252 g/mol. The van der Waals surface area contributed by atoms with Crippen molar-refractivity contribution in [1.82, 2.24) is 14.9 Å². The molecule has 4 N–H and O–H groups in total. The van der Waals surface area contributed by atoms with Gasteiger partial charge in [-0.05, 0) is 39.2 Å². The van der Waals surface area contributed by atoms with E-state index in [1.54, 1.807) is 13.8 Å². The highest BCUT2D eigenvalue weighted by atomic mass is 32.2. The molecule has 1 aliphatic carbocycles. The van der Waals surface area contributed by atoms with Crippen molar-refractivity contribution in [3.63, 3.8) is 0 Å². The van der Waals surface area contributed by atoms with Crippen LogP contribution >= 0.6 is 0 Å². The standard InChI is InChI=1S/C11H20N4O2S/c1-7-11(8(2)14-13-7)18(16,17)15-10-5-3-4-9(10)6-12/h9-10,15H,3-6,12H2,1-2H3,(H,13,14). The molecule has 2 rings (SSSR count). The van der Waals surface area contributed by atoms with Crippen molar-refractivity contribution in [3.05, 3.63) is 11.4 Å². The predicted molar refractivity (Wildman–Crippen MR) is 68.6 cm³/mol. The lowest BCUT2D eigenvalue weighted by molar-refractivity contribution is 0.452. The van der Waals surface area contributed by atoms with Crippen LogP contribution in [0.3, 0.4) is 0 Å². The lowest BCUT2D eigenvalue weighted by atomic mass is 10.1. The van der Waals surface area contributed by atoms with E-state index in [9.17, 15) is 8.42 Å². The maximum absolute atomic E-state index is 12.3. The minimum atomic E-state index is -3.50. The van der Waals surface area contributed by atoms with E-state index in [1.165, 1.54) is 0 Å². The van der Waals surface area contributed by atoms with Gasteiger partial charge >= 0.3 is 0 Å². The van der Waals surface area contributed by atoms with Crippen molar-refractivity contribution >= 4 is 10.0 Å². The van der Waals surface area contributed by atoms with Gasteiger partial charge in [0, 0.05) is 6.04 Å². The Kier molecular flexibility index (Phi) is 3.74. The second-order valence-electron chi connectivity index (χ2n) is 4.92. The van der Waals surface area contributed by atoms with Crippen LogP contribution in [0, 0.1) is 19.8 Å². The first-order valence-corrected chi connectivity index (χ1v) is 7.68. The van der Waals surface area contributed by atoms with Gasteiger partial charge in [-0.15, -0.1) is 0 Å². The highest BCUT2D eigenvalue weighted by Crippen LogP contribution is 2.27. The summed E-state index contributed by atoms with van der Waals surface area (Å²) < 4.78 is 27.5. The van der Waals surface area contributed by atoms with E-state index in [1.807, 2.05) is 0 Å². The Bertz CT molecular complexity index is 504. The molecular formula is C11H20N4O2S. The molecule has 1 aliphatic rings. The van der Waals surface area contributed by atoms with Crippen molar-refractivity contribution < 1.29 is 8.42 Å². The molecule has 0 bridgehead atoms. The first-order chi connectivity index (χ1) is 8.45. The van der Waals surface area contributed by atoms with Crippen LogP contribution in [0.2, 0.25) is 0 Å². The average Bonchev–Trinajstić information content (AvgIpc) is 2.85. The number of H-pyrrole nitrogens is 1. The molecule has 1 aromatic heterocycles. The van der Waals surface area contributed by atoms with E-state index in [2.05, 4.69) is 14.9 Å². The second kappa shape index (κ2) is 4.99. The van der Waals surface area contributed by atoms with Gasteiger partial charge in [-0.3, -0.25) is 5.10 Å². The molecule has 6 nitrogen and oxygen atoms in total. The number of nitrogens with zero attached hydrogens (tertiary/aromatic N) is 1. The zero-order valence-corrected chi connectivity index (χ0v) is 11.5. The minimum Gasteiger partial charge on any atom is -0.330 e. The number of hydrogen-bond acceptors (Lipinski definition) is 4. The van der Waals surface area contributed by atoms with Crippen molar-refractivity contribution in [2.75, 3.05) is 6.54 Å². The van der Waals surface area contributed by atoms with Crippen LogP contribution in [0.1, 0.15) is 30.7 Å². The summed E-state index contributed by atoms with van der Waals surface area (Å²) in [5.41, 5.74) is 6.74. The van der Waals surface area contributed by atoms with E-state index in [-0.39, 0.29) is 16.9 Å². The molecule has 102 valence electrons. The fraction of sp³-hybridized carbons (Fsp3) is 0.727. The molecule has 0 spiro atoms. The first kappa shape index (κ1) is 13.5. The van der Waals surface area contributed by atoms with Crippen molar-refractivity contribution in [2.45, 2.75) is 44.0 Å². The number of nitrogens with two attached hydrogens (primary N) is 1. The summed E-state index contributed by atoms with van der Waals surface area (Å²) in [6.07, 6.45) is 2.88. The Labute approximate surface area is 107 Å². The second-order valence-corrected chi connectivity index (χ2v) is 6.57. The van der Waals surface area contributed by atoms with Crippen molar-refractivity contribution in [3.8, 4) is 0 Å². The van der Waals surface area contributed by atoms with E-state index in [4.69, 9.17) is 5.73 Å². The normalized spacial score (nSPS) is 24.6. The molecule has 1 aromatic rings. The van der Waals surface area contributed by atoms with E-state index < -0.39 is 10.0 Å². The lowest BCUT2D eigenvalue weighted by Crippen LogP contribution is -2.40. The summed E-state index contributed by atoms with van der Waals surface area (Å²) in [4.78, 5) is 0.269. The number of rotatable bonds is 4. The maximum Gasteiger partial charge on any atom is 0.244 e. The Morgan fingerprint density at radius 2 is 2.17 bits per heavy atom. The summed E-state index contributed by atoms with van der Waals surface area (Å²) in [5, 5.41) is 6.63. The molecule has 0 aliphatic heterocycles. The first-order valence-electron chi connectivity index (χ1n) is 6.19. The summed E-state index contributed by atoms with van der Waals surface area (Å²) in [5.74, 6) is 0.243. The van der Waals surface area contributed by atoms with Gasteiger partial charge in [-0.2, -0.15) is 5.10 Å². The Morgan fingerprint density at radius 1 is 1.44 bits per heavy atom. The Morgan fingerprint density at radius 3 is 2.72 bits per heavy atom. The molecule has 1 saturated carbocycles. The van der Waals surface area contributed by atoms with E-state index in [0.29, 0.717) is 17.9 Å². The summed E-state index contributed by atoms with van der Waals surface area (Å²) >= 11 is 0. The number of aromatic nitrogens is 2. The summed E-state index contributed by atoms with van der Waals surface area (Å²) in [7, 11) is -3.50. The number of sulfonamides is 1.